The molecule has 2 saturated carbocycles. The molecule has 2 unspecified atom stereocenters. The van der Waals surface area contributed by atoms with Gasteiger partial charge >= 0.3 is 0 Å². The van der Waals surface area contributed by atoms with Gasteiger partial charge in [0.15, 0.2) is 0 Å². The van der Waals surface area contributed by atoms with Crippen LogP contribution in [0.1, 0.15) is 52.9 Å². The molecule has 0 heterocycles. The summed E-state index contributed by atoms with van der Waals surface area (Å²) < 4.78 is 0. The predicted molar refractivity (Wildman–Crippen MR) is 73.9 cm³/mol. The van der Waals surface area contributed by atoms with Gasteiger partial charge < -0.3 is 5.73 Å². The van der Waals surface area contributed by atoms with Crippen LogP contribution in [0.15, 0.2) is 0 Å². The first-order chi connectivity index (χ1) is 8.11. The van der Waals surface area contributed by atoms with Gasteiger partial charge in [-0.3, -0.25) is 4.90 Å². The quantitative estimate of drug-likeness (QED) is 0.704. The molecule has 2 N–H and O–H groups in total. The van der Waals surface area contributed by atoms with E-state index in [0.29, 0.717) is 6.04 Å². The summed E-state index contributed by atoms with van der Waals surface area (Å²) in [6.45, 7) is 9.23. The van der Waals surface area contributed by atoms with Gasteiger partial charge in [0.2, 0.25) is 0 Å². The number of nitrogens with two attached hydrogens (primary N) is 1. The fraction of sp³-hybridized carbons (Fsp3) is 1.00. The Bertz CT molecular complexity index is 231. The Morgan fingerprint density at radius 1 is 1.12 bits per heavy atom. The summed E-state index contributed by atoms with van der Waals surface area (Å²) in [5.41, 5.74) is 6.07. The molecule has 0 bridgehead atoms. The summed E-state index contributed by atoms with van der Waals surface area (Å²) in [6.07, 6.45) is 7.06. The number of nitrogens with zero attached hydrogens (tertiary/aromatic N) is 1. The van der Waals surface area contributed by atoms with Crippen molar-refractivity contribution in [1.29, 1.82) is 0 Å². The molecular formula is C15H30N2. The third-order valence-corrected chi connectivity index (χ3v) is 4.35. The van der Waals surface area contributed by atoms with E-state index in [1.165, 1.54) is 38.6 Å². The fourth-order valence-electron chi connectivity index (χ4n) is 3.16. The van der Waals surface area contributed by atoms with Crippen LogP contribution in [-0.4, -0.2) is 30.1 Å². The van der Waals surface area contributed by atoms with E-state index >= 15 is 0 Å². The van der Waals surface area contributed by atoms with E-state index in [4.69, 9.17) is 5.73 Å². The summed E-state index contributed by atoms with van der Waals surface area (Å²) in [6, 6.07) is 1.50. The SMILES string of the molecule is CC(C)CC(C)C(CN)N(CC1CC1)C1CC1. The number of hydrogen-bond donors (Lipinski definition) is 1. The van der Waals surface area contributed by atoms with Crippen molar-refractivity contribution >= 4 is 0 Å². The van der Waals surface area contributed by atoms with E-state index in [1.54, 1.807) is 0 Å². The molecule has 100 valence electrons. The van der Waals surface area contributed by atoms with Crippen molar-refractivity contribution in [3.63, 3.8) is 0 Å². The smallest absolute Gasteiger partial charge is 0.0247 e. The molecule has 0 aromatic heterocycles. The van der Waals surface area contributed by atoms with E-state index in [1.807, 2.05) is 0 Å². The molecule has 2 heteroatoms. The summed E-state index contributed by atoms with van der Waals surface area (Å²) >= 11 is 0. The first-order valence-electron chi connectivity index (χ1n) is 7.57. The second-order valence-electron chi connectivity index (χ2n) is 6.78. The normalized spacial score (nSPS) is 24.4. The average molecular weight is 238 g/mol. The molecule has 0 aromatic rings. The van der Waals surface area contributed by atoms with Gasteiger partial charge in [-0.25, -0.2) is 0 Å². The second-order valence-corrected chi connectivity index (χ2v) is 6.78. The first kappa shape index (κ1) is 13.4. The Kier molecular flexibility index (Phi) is 4.48. The van der Waals surface area contributed by atoms with E-state index in [0.717, 1.165) is 30.3 Å². The summed E-state index contributed by atoms with van der Waals surface area (Å²) in [7, 11) is 0. The Labute approximate surface area is 107 Å². The first-order valence-corrected chi connectivity index (χ1v) is 7.57. The van der Waals surface area contributed by atoms with Crippen LogP contribution >= 0.6 is 0 Å². The molecule has 17 heavy (non-hydrogen) atoms. The van der Waals surface area contributed by atoms with Gasteiger partial charge in [0.25, 0.3) is 0 Å². The Morgan fingerprint density at radius 3 is 2.18 bits per heavy atom. The zero-order valence-corrected chi connectivity index (χ0v) is 11.9. The van der Waals surface area contributed by atoms with E-state index in [9.17, 15) is 0 Å². The molecule has 0 aliphatic heterocycles. The van der Waals surface area contributed by atoms with Crippen molar-refractivity contribution in [2.45, 2.75) is 65.0 Å². The van der Waals surface area contributed by atoms with E-state index < -0.39 is 0 Å². The van der Waals surface area contributed by atoms with Crippen LogP contribution in [0.25, 0.3) is 0 Å². The van der Waals surface area contributed by atoms with Crippen LogP contribution in [0.5, 0.6) is 0 Å². The highest BCUT2D eigenvalue weighted by Gasteiger charge is 2.38. The topological polar surface area (TPSA) is 29.3 Å². The van der Waals surface area contributed by atoms with Gasteiger partial charge in [0.1, 0.15) is 0 Å². The van der Waals surface area contributed by atoms with Gasteiger partial charge in [0.05, 0.1) is 0 Å². The van der Waals surface area contributed by atoms with Crippen LogP contribution in [0.3, 0.4) is 0 Å². The predicted octanol–water partition coefficient (Wildman–Crippen LogP) is 2.87. The maximum atomic E-state index is 6.07. The lowest BCUT2D eigenvalue weighted by Crippen LogP contribution is -2.47. The highest BCUT2D eigenvalue weighted by atomic mass is 15.2. The van der Waals surface area contributed by atoms with Gasteiger partial charge in [-0.1, -0.05) is 20.8 Å². The lowest BCUT2D eigenvalue weighted by Gasteiger charge is -2.36. The number of hydrogen-bond acceptors (Lipinski definition) is 2. The molecule has 2 rings (SSSR count). The van der Waals surface area contributed by atoms with Crippen molar-refractivity contribution in [3.05, 3.63) is 0 Å². The van der Waals surface area contributed by atoms with Crippen molar-refractivity contribution in [2.24, 2.45) is 23.5 Å². The molecule has 2 nitrogen and oxygen atoms in total. The molecule has 0 saturated heterocycles. The van der Waals surface area contributed by atoms with Crippen LogP contribution in [-0.2, 0) is 0 Å². The van der Waals surface area contributed by atoms with Gasteiger partial charge in [-0.15, -0.1) is 0 Å². The molecule has 0 amide bonds. The van der Waals surface area contributed by atoms with E-state index in [2.05, 4.69) is 25.7 Å². The fourth-order valence-corrected chi connectivity index (χ4v) is 3.16. The maximum absolute atomic E-state index is 6.07. The Balaban J connectivity index is 1.91. The van der Waals surface area contributed by atoms with Crippen molar-refractivity contribution in [1.82, 2.24) is 4.90 Å². The van der Waals surface area contributed by atoms with Crippen molar-refractivity contribution < 1.29 is 0 Å². The minimum absolute atomic E-state index is 0.630. The maximum Gasteiger partial charge on any atom is 0.0247 e. The minimum atomic E-state index is 0.630. The zero-order valence-electron chi connectivity index (χ0n) is 11.9. The number of rotatable bonds is 8. The van der Waals surface area contributed by atoms with Crippen LogP contribution in [0.4, 0.5) is 0 Å². The molecule has 0 aromatic carbocycles. The highest BCUT2D eigenvalue weighted by molar-refractivity contribution is 4.93. The largest absolute Gasteiger partial charge is 0.329 e. The second kappa shape index (κ2) is 5.71. The van der Waals surface area contributed by atoms with Crippen molar-refractivity contribution in [3.8, 4) is 0 Å². The van der Waals surface area contributed by atoms with E-state index in [-0.39, 0.29) is 0 Å². The summed E-state index contributed by atoms with van der Waals surface area (Å²) in [4.78, 5) is 2.77. The summed E-state index contributed by atoms with van der Waals surface area (Å²) in [5, 5.41) is 0. The third-order valence-electron chi connectivity index (χ3n) is 4.35. The van der Waals surface area contributed by atoms with Crippen LogP contribution < -0.4 is 5.73 Å². The monoisotopic (exact) mass is 238 g/mol. The molecule has 2 aliphatic carbocycles. The molecule has 0 radical (unpaired) electrons. The van der Waals surface area contributed by atoms with Gasteiger partial charge in [-0.05, 0) is 49.9 Å². The van der Waals surface area contributed by atoms with Gasteiger partial charge in [-0.2, -0.15) is 0 Å². The average Bonchev–Trinajstić information content (AvgIpc) is 3.12. The molecule has 2 atom stereocenters. The van der Waals surface area contributed by atoms with Gasteiger partial charge in [0, 0.05) is 25.2 Å². The molecule has 2 aliphatic rings. The lowest BCUT2D eigenvalue weighted by molar-refractivity contribution is 0.126. The molecule has 0 spiro atoms. The molecule has 2 fully saturated rings. The standard InChI is InChI=1S/C15H30N2/c1-11(2)8-12(3)15(9-16)17(14-6-7-14)10-13-4-5-13/h11-15H,4-10,16H2,1-3H3. The summed E-state index contributed by atoms with van der Waals surface area (Å²) in [5.74, 6) is 2.54. The Hall–Kier alpha value is -0.0800. The Morgan fingerprint density at radius 2 is 1.76 bits per heavy atom. The van der Waals surface area contributed by atoms with Crippen LogP contribution in [0.2, 0.25) is 0 Å². The minimum Gasteiger partial charge on any atom is -0.329 e. The van der Waals surface area contributed by atoms with Crippen molar-refractivity contribution in [2.75, 3.05) is 13.1 Å². The highest BCUT2D eigenvalue weighted by Crippen LogP contribution is 2.37. The zero-order chi connectivity index (χ0) is 12.4. The lowest BCUT2D eigenvalue weighted by atomic mass is 9.90. The third kappa shape index (κ3) is 3.96. The molecular weight excluding hydrogens is 208 g/mol. The van der Waals surface area contributed by atoms with Crippen LogP contribution in [0, 0.1) is 17.8 Å².